The summed E-state index contributed by atoms with van der Waals surface area (Å²) in [6.45, 7) is -0.679. The third kappa shape index (κ3) is 3.99. The van der Waals surface area contributed by atoms with Crippen molar-refractivity contribution in [2.24, 2.45) is 0 Å². The normalized spacial score (nSPS) is 11.7. The Morgan fingerprint density at radius 1 is 1.25 bits per heavy atom. The average Bonchev–Trinajstić information content (AvgIpc) is 3.21. The summed E-state index contributed by atoms with van der Waals surface area (Å²) >= 11 is 1.02. The number of aromatic amines is 1. The maximum absolute atomic E-state index is 12.9. The number of carboxylic acids is 1. The Morgan fingerprint density at radius 3 is 2.75 bits per heavy atom. The highest BCUT2D eigenvalue weighted by Gasteiger charge is 2.34. The summed E-state index contributed by atoms with van der Waals surface area (Å²) < 4.78 is 40.0. The van der Waals surface area contributed by atoms with Gasteiger partial charge in [0.25, 0.3) is 5.91 Å². The molecule has 32 heavy (non-hydrogen) atoms. The number of benzene rings is 1. The highest BCUT2D eigenvalue weighted by atomic mass is 32.2. The number of pyridine rings is 1. The molecule has 14 heteroatoms. The number of carbonyl (C=O) groups excluding carboxylic acids is 1. The molecule has 3 aromatic heterocycles. The summed E-state index contributed by atoms with van der Waals surface area (Å²) in [5.74, 6) is -3.46. The Morgan fingerprint density at radius 2 is 2.03 bits per heavy atom. The number of aromatic nitrogens is 5. The van der Waals surface area contributed by atoms with E-state index in [2.05, 4.69) is 25.4 Å². The Bertz CT molecular complexity index is 1430. The predicted octanol–water partition coefficient (Wildman–Crippen LogP) is 1.95. The van der Waals surface area contributed by atoms with Gasteiger partial charge in [0.15, 0.2) is 11.1 Å². The number of fused-ring (bicyclic) bond motifs is 2. The van der Waals surface area contributed by atoms with Crippen LogP contribution in [0.3, 0.4) is 0 Å². The van der Waals surface area contributed by atoms with E-state index in [4.69, 9.17) is 5.11 Å². The van der Waals surface area contributed by atoms with Gasteiger partial charge in [-0.2, -0.15) is 13.2 Å². The summed E-state index contributed by atoms with van der Waals surface area (Å²) in [5, 5.41) is 14.2. The minimum atomic E-state index is -4.69. The number of aliphatic carboxylic acids is 1. The van der Waals surface area contributed by atoms with Gasteiger partial charge in [0.2, 0.25) is 5.82 Å². The molecular formula is C18H11F3N6O4S. The van der Waals surface area contributed by atoms with Crippen LogP contribution in [0.5, 0.6) is 0 Å². The topological polar surface area (TPSA) is 142 Å². The first kappa shape index (κ1) is 21.3. The van der Waals surface area contributed by atoms with Crippen LogP contribution in [0.25, 0.3) is 16.6 Å². The molecule has 0 aliphatic rings. The van der Waals surface area contributed by atoms with Crippen molar-refractivity contribution in [3.8, 4) is 0 Å². The van der Waals surface area contributed by atoms with Crippen molar-refractivity contribution in [2.45, 2.75) is 16.1 Å². The fourth-order valence-electron chi connectivity index (χ4n) is 2.87. The first-order chi connectivity index (χ1) is 15.1. The maximum Gasteiger partial charge on any atom is 0.451 e. The van der Waals surface area contributed by atoms with Crippen molar-refractivity contribution in [2.75, 3.05) is 6.54 Å². The first-order valence-electron chi connectivity index (χ1n) is 8.75. The van der Waals surface area contributed by atoms with Crippen LogP contribution in [-0.2, 0) is 11.0 Å². The highest BCUT2D eigenvalue weighted by molar-refractivity contribution is 7.99. The van der Waals surface area contributed by atoms with Crippen LogP contribution in [0.4, 0.5) is 13.2 Å². The third-order valence-electron chi connectivity index (χ3n) is 4.21. The number of nitrogens with zero attached hydrogens (tertiary/aromatic N) is 4. The smallest absolute Gasteiger partial charge is 0.451 e. The van der Waals surface area contributed by atoms with Gasteiger partial charge in [0.1, 0.15) is 23.5 Å². The van der Waals surface area contributed by atoms with E-state index >= 15 is 0 Å². The molecule has 3 N–H and O–H groups in total. The number of rotatable bonds is 5. The lowest BCUT2D eigenvalue weighted by Crippen LogP contribution is -2.33. The molecule has 4 aromatic rings. The molecule has 0 spiro atoms. The zero-order chi connectivity index (χ0) is 23.0. The molecule has 0 unspecified atom stereocenters. The van der Waals surface area contributed by atoms with Crippen LogP contribution in [0.2, 0.25) is 0 Å². The van der Waals surface area contributed by atoms with E-state index in [1.165, 1.54) is 23.0 Å². The van der Waals surface area contributed by atoms with Gasteiger partial charge in [-0.15, -0.1) is 0 Å². The molecule has 0 saturated carbocycles. The van der Waals surface area contributed by atoms with Gasteiger partial charge < -0.3 is 10.4 Å². The number of carboxylic acid groups (broad SMARTS) is 1. The fraction of sp³-hybridized carbons (Fsp3) is 0.111. The number of carbonyl (C=O) groups is 2. The van der Waals surface area contributed by atoms with E-state index in [1.54, 1.807) is 6.07 Å². The number of hydrogen-bond acceptors (Lipinski definition) is 7. The van der Waals surface area contributed by atoms with Crippen molar-refractivity contribution >= 4 is 40.2 Å². The van der Waals surface area contributed by atoms with E-state index in [9.17, 15) is 27.6 Å². The largest absolute Gasteiger partial charge is 0.480 e. The van der Waals surface area contributed by atoms with Crippen LogP contribution >= 0.6 is 11.8 Å². The number of halogens is 3. The van der Waals surface area contributed by atoms with Crippen molar-refractivity contribution < 1.29 is 27.9 Å². The number of H-pyrrole nitrogens is 1. The zero-order valence-corrected chi connectivity index (χ0v) is 16.5. The van der Waals surface area contributed by atoms with Crippen molar-refractivity contribution in [1.29, 1.82) is 0 Å². The molecule has 1 amide bonds. The van der Waals surface area contributed by atoms with Crippen molar-refractivity contribution in [1.82, 2.24) is 29.9 Å². The molecule has 4 rings (SSSR count). The molecular weight excluding hydrogens is 453 g/mol. The SMILES string of the molecule is O=C(O)CNC(=O)c1c(=O)cc(Sc2cccc3nc(C(F)(F)F)ncc23)n2[nH]cnc12. The van der Waals surface area contributed by atoms with Gasteiger partial charge in [0, 0.05) is 22.5 Å². The summed E-state index contributed by atoms with van der Waals surface area (Å²) in [5.41, 5.74) is -1.04. The van der Waals surface area contributed by atoms with Crippen molar-refractivity contribution in [3.05, 3.63) is 58.4 Å². The number of hydrogen-bond donors (Lipinski definition) is 3. The van der Waals surface area contributed by atoms with Gasteiger partial charge in [0.05, 0.1) is 5.52 Å². The monoisotopic (exact) mass is 464 g/mol. The first-order valence-corrected chi connectivity index (χ1v) is 9.57. The van der Waals surface area contributed by atoms with E-state index in [1.807, 2.05) is 0 Å². The molecule has 1 aromatic carbocycles. The minimum absolute atomic E-state index is 0.0428. The fourth-order valence-corrected chi connectivity index (χ4v) is 3.91. The van der Waals surface area contributed by atoms with E-state index in [-0.39, 0.29) is 21.8 Å². The minimum Gasteiger partial charge on any atom is -0.480 e. The highest BCUT2D eigenvalue weighted by Crippen LogP contribution is 2.34. The molecule has 0 bridgehead atoms. The molecule has 10 nitrogen and oxygen atoms in total. The van der Waals surface area contributed by atoms with E-state index in [0.717, 1.165) is 24.0 Å². The quantitative estimate of drug-likeness (QED) is 0.407. The zero-order valence-electron chi connectivity index (χ0n) is 15.7. The molecule has 0 atom stereocenters. The van der Waals surface area contributed by atoms with Crippen LogP contribution < -0.4 is 10.7 Å². The second kappa shape index (κ2) is 7.96. The summed E-state index contributed by atoms with van der Waals surface area (Å²) in [7, 11) is 0. The van der Waals surface area contributed by atoms with E-state index < -0.39 is 35.9 Å². The lowest BCUT2D eigenvalue weighted by Gasteiger charge is -2.10. The molecule has 0 aliphatic heterocycles. The maximum atomic E-state index is 12.9. The Balaban J connectivity index is 1.76. The van der Waals surface area contributed by atoms with Gasteiger partial charge in [-0.3, -0.25) is 19.5 Å². The van der Waals surface area contributed by atoms with Crippen LogP contribution in [0.1, 0.15) is 16.2 Å². The molecule has 3 heterocycles. The molecule has 164 valence electrons. The molecule has 0 saturated heterocycles. The second-order valence-electron chi connectivity index (χ2n) is 6.33. The van der Waals surface area contributed by atoms with Crippen molar-refractivity contribution in [3.63, 3.8) is 0 Å². The third-order valence-corrected chi connectivity index (χ3v) is 5.30. The van der Waals surface area contributed by atoms with Gasteiger partial charge in [-0.1, -0.05) is 17.8 Å². The second-order valence-corrected chi connectivity index (χ2v) is 7.39. The van der Waals surface area contributed by atoms with Crippen LogP contribution in [0, 0.1) is 0 Å². The predicted molar refractivity (Wildman–Crippen MR) is 104 cm³/mol. The average molecular weight is 464 g/mol. The lowest BCUT2D eigenvalue weighted by atomic mass is 10.2. The number of nitrogens with one attached hydrogen (secondary N) is 2. The van der Waals surface area contributed by atoms with Gasteiger partial charge in [-0.25, -0.2) is 19.5 Å². The Hall–Kier alpha value is -3.94. The van der Waals surface area contributed by atoms with Gasteiger partial charge >= 0.3 is 12.1 Å². The number of alkyl halides is 3. The lowest BCUT2D eigenvalue weighted by molar-refractivity contribution is -0.144. The van der Waals surface area contributed by atoms with E-state index in [0.29, 0.717) is 10.3 Å². The molecule has 0 radical (unpaired) electrons. The van der Waals surface area contributed by atoms with Crippen LogP contribution in [0.15, 0.2) is 51.5 Å². The Kier molecular flexibility index (Phi) is 5.30. The van der Waals surface area contributed by atoms with Gasteiger partial charge in [-0.05, 0) is 12.1 Å². The summed E-state index contributed by atoms with van der Waals surface area (Å²) in [6, 6.07) is 5.67. The standard InChI is InChI=1S/C18H11F3N6O4S/c19-18(20,21)17-23-5-8-9(26-17)2-1-3-11(8)32-12-4-10(28)14(15-24-7-25-27(12)15)16(31)22-6-13(29)30/h1-5,7H,6H2,(H,22,31)(H,24,25)(H,29,30). The molecule has 0 fully saturated rings. The molecule has 0 aliphatic carbocycles. The summed E-state index contributed by atoms with van der Waals surface area (Å²) in [6.07, 6.45) is -2.41. The Labute approximate surface area is 179 Å². The summed E-state index contributed by atoms with van der Waals surface area (Å²) in [4.78, 5) is 46.9. The van der Waals surface area contributed by atoms with Crippen LogP contribution in [-0.4, -0.2) is 48.1 Å². The number of amides is 1.